The van der Waals surface area contributed by atoms with Gasteiger partial charge in [-0.2, -0.15) is 0 Å². The molecule has 0 bridgehead atoms. The number of nitrogens with zero attached hydrogens (tertiary/aromatic N) is 4. The summed E-state index contributed by atoms with van der Waals surface area (Å²) in [5.41, 5.74) is 9.17. The molecule has 2 aromatic heterocycles. The number of carbonyl (C=O) groups is 1. The van der Waals surface area contributed by atoms with E-state index in [9.17, 15) is 15.0 Å². The summed E-state index contributed by atoms with van der Waals surface area (Å²) >= 11 is 0. The molecule has 10 nitrogen and oxygen atoms in total. The van der Waals surface area contributed by atoms with Gasteiger partial charge in [0.05, 0.1) is 6.10 Å². The van der Waals surface area contributed by atoms with Crippen molar-refractivity contribution in [3.63, 3.8) is 0 Å². The van der Waals surface area contributed by atoms with E-state index < -0.39 is 18.1 Å². The van der Waals surface area contributed by atoms with Gasteiger partial charge in [0.2, 0.25) is 17.7 Å². The molecule has 1 unspecified atom stereocenters. The van der Waals surface area contributed by atoms with E-state index in [2.05, 4.69) is 33.9 Å². The highest BCUT2D eigenvalue weighted by molar-refractivity contribution is 5.78. The van der Waals surface area contributed by atoms with E-state index in [0.717, 1.165) is 33.8 Å². The molecule has 0 saturated carbocycles. The maximum Gasteiger partial charge on any atom is 0.248 e. The lowest BCUT2D eigenvalue weighted by Crippen LogP contribution is -2.33. The zero-order valence-corrected chi connectivity index (χ0v) is 21.6. The summed E-state index contributed by atoms with van der Waals surface area (Å²) in [6.45, 7) is 9.92. The topological polar surface area (TPSA) is 148 Å². The van der Waals surface area contributed by atoms with Crippen molar-refractivity contribution in [1.29, 1.82) is 0 Å². The minimum atomic E-state index is -1.42. The van der Waals surface area contributed by atoms with E-state index in [1.54, 1.807) is 0 Å². The minimum absolute atomic E-state index is 0.0865. The van der Waals surface area contributed by atoms with Crippen molar-refractivity contribution in [2.45, 2.75) is 65.7 Å². The predicted octanol–water partition coefficient (Wildman–Crippen LogP) is 2.80. The molecule has 0 aliphatic heterocycles. The number of aliphatic hydroxyl groups excluding tert-OH is 2. The Kier molecular flexibility index (Phi) is 8.65. The van der Waals surface area contributed by atoms with Gasteiger partial charge in [-0.15, -0.1) is 10.2 Å². The lowest BCUT2D eigenvalue weighted by Gasteiger charge is -2.23. The number of hydrogen-bond acceptors (Lipinski definition) is 9. The number of primary amides is 1. The third-order valence-electron chi connectivity index (χ3n) is 5.97. The Balaban J connectivity index is 1.84. The Labute approximate surface area is 211 Å². The first kappa shape index (κ1) is 27.1. The number of pyridine rings is 1. The predicted molar refractivity (Wildman–Crippen MR) is 137 cm³/mol. The van der Waals surface area contributed by atoms with Crippen LogP contribution in [0.2, 0.25) is 0 Å². The Morgan fingerprint density at radius 1 is 1.11 bits per heavy atom. The van der Waals surface area contributed by atoms with E-state index >= 15 is 0 Å². The van der Waals surface area contributed by atoms with Crippen LogP contribution in [0.4, 0.5) is 5.82 Å². The number of anilines is 1. The summed E-state index contributed by atoms with van der Waals surface area (Å²) in [4.78, 5) is 17.7. The van der Waals surface area contributed by atoms with Gasteiger partial charge in [-0.1, -0.05) is 6.92 Å². The molecule has 4 N–H and O–H groups in total. The third kappa shape index (κ3) is 6.38. The molecule has 1 aromatic carbocycles. The van der Waals surface area contributed by atoms with Gasteiger partial charge in [0.15, 0.2) is 0 Å². The monoisotopic (exact) mass is 497 g/mol. The molecule has 2 heterocycles. The van der Waals surface area contributed by atoms with E-state index in [1.165, 1.54) is 0 Å². The molecule has 0 radical (unpaired) electrons. The Morgan fingerprint density at radius 3 is 2.33 bits per heavy atom. The average Bonchev–Trinajstić information content (AvgIpc) is 3.32. The molecule has 0 aliphatic carbocycles. The number of ether oxygens (including phenoxy) is 1. The van der Waals surface area contributed by atoms with E-state index in [1.807, 2.05) is 52.1 Å². The second kappa shape index (κ2) is 11.5. The van der Waals surface area contributed by atoms with Crippen LogP contribution < -0.4 is 15.4 Å². The Morgan fingerprint density at radius 2 is 1.75 bits per heavy atom. The van der Waals surface area contributed by atoms with Crippen LogP contribution in [0.5, 0.6) is 5.75 Å². The van der Waals surface area contributed by atoms with Crippen molar-refractivity contribution in [2.24, 2.45) is 5.73 Å². The van der Waals surface area contributed by atoms with E-state index in [4.69, 9.17) is 14.9 Å². The van der Waals surface area contributed by atoms with Gasteiger partial charge >= 0.3 is 0 Å². The molecule has 0 aliphatic rings. The van der Waals surface area contributed by atoms with Crippen LogP contribution in [-0.4, -0.2) is 63.2 Å². The third-order valence-corrected chi connectivity index (χ3v) is 5.97. The maximum absolute atomic E-state index is 11.0. The summed E-state index contributed by atoms with van der Waals surface area (Å²) in [6, 6.07) is 7.93. The molecular formula is C26H35N5O5. The van der Waals surface area contributed by atoms with Gasteiger partial charge in [-0.3, -0.25) is 4.79 Å². The van der Waals surface area contributed by atoms with Gasteiger partial charge in [0, 0.05) is 36.3 Å². The van der Waals surface area contributed by atoms with Gasteiger partial charge < -0.3 is 30.0 Å². The quantitative estimate of drug-likeness (QED) is 0.364. The van der Waals surface area contributed by atoms with Gasteiger partial charge in [0.1, 0.15) is 24.3 Å². The largest absolute Gasteiger partial charge is 0.490 e. The van der Waals surface area contributed by atoms with Crippen molar-refractivity contribution in [1.82, 2.24) is 15.2 Å². The first-order chi connectivity index (χ1) is 17.0. The number of rotatable bonds is 11. The highest BCUT2D eigenvalue weighted by Crippen LogP contribution is 2.33. The summed E-state index contributed by atoms with van der Waals surface area (Å²) in [5, 5.41) is 28.2. The van der Waals surface area contributed by atoms with Crippen molar-refractivity contribution in [3.8, 4) is 28.7 Å². The first-order valence-corrected chi connectivity index (χ1v) is 12.0. The van der Waals surface area contributed by atoms with Crippen LogP contribution >= 0.6 is 0 Å². The first-order valence-electron chi connectivity index (χ1n) is 12.0. The fourth-order valence-electron chi connectivity index (χ4n) is 3.74. The Bertz CT molecular complexity index is 1210. The molecule has 0 saturated heterocycles. The fraction of sp³-hybridized carbons (Fsp3) is 0.462. The number of aryl methyl sites for hydroxylation is 3. The highest BCUT2D eigenvalue weighted by Gasteiger charge is 2.20. The molecule has 10 heteroatoms. The number of amides is 1. The Hall–Kier alpha value is -3.50. The molecular weight excluding hydrogens is 462 g/mol. The second-order valence-electron chi connectivity index (χ2n) is 9.23. The zero-order chi connectivity index (χ0) is 26.6. The standard InChI is InChI=1S/C26H35N5O5/c1-7-17-10-18(8-15(4)23(17)35-13-20(32)12-21(33)24(27)34)25-29-30-26(36-25)19-9-16(5)28-22(11-19)31(6)14(2)3/h8-11,14,20-21,32-33H,7,12-13H2,1-6H3,(H2,27,34)/t20-,21?/m0/s1. The number of aliphatic hydroxyl groups is 2. The second-order valence-corrected chi connectivity index (χ2v) is 9.23. The SMILES string of the molecule is CCc1cc(-c2nnc(-c3cc(C)nc(N(C)C(C)C)c3)o2)cc(C)c1OC[C@@H](O)CC(O)C(N)=O. The number of carbonyl (C=O) groups excluding carboxylic acids is 1. The molecule has 0 spiro atoms. The highest BCUT2D eigenvalue weighted by atomic mass is 16.5. The molecule has 2 atom stereocenters. The normalized spacial score (nSPS) is 13.0. The van der Waals surface area contributed by atoms with Crippen molar-refractivity contribution < 1.29 is 24.2 Å². The van der Waals surface area contributed by atoms with Gasteiger partial charge in [-0.25, -0.2) is 4.98 Å². The summed E-state index contributed by atoms with van der Waals surface area (Å²) in [6.07, 6.45) is -1.99. The number of aromatic nitrogens is 3. The number of nitrogens with two attached hydrogens (primary N) is 1. The van der Waals surface area contributed by atoms with E-state index in [0.29, 0.717) is 24.0 Å². The van der Waals surface area contributed by atoms with Gasteiger partial charge in [0.25, 0.3) is 0 Å². The van der Waals surface area contributed by atoms with Crippen molar-refractivity contribution >= 4 is 11.7 Å². The fourth-order valence-corrected chi connectivity index (χ4v) is 3.74. The zero-order valence-electron chi connectivity index (χ0n) is 21.6. The molecule has 3 rings (SSSR count). The maximum atomic E-state index is 11.0. The van der Waals surface area contributed by atoms with Crippen LogP contribution in [-0.2, 0) is 11.2 Å². The molecule has 3 aromatic rings. The minimum Gasteiger partial charge on any atom is -0.490 e. The van der Waals surface area contributed by atoms with Crippen LogP contribution in [0.1, 0.15) is 44.0 Å². The smallest absolute Gasteiger partial charge is 0.248 e. The molecule has 36 heavy (non-hydrogen) atoms. The number of hydrogen-bond donors (Lipinski definition) is 3. The summed E-state index contributed by atoms with van der Waals surface area (Å²) < 4.78 is 11.9. The van der Waals surface area contributed by atoms with E-state index in [-0.39, 0.29) is 19.1 Å². The van der Waals surface area contributed by atoms with Crippen molar-refractivity contribution in [2.75, 3.05) is 18.6 Å². The molecule has 194 valence electrons. The summed E-state index contributed by atoms with van der Waals surface area (Å²) in [5.74, 6) is 1.36. The van der Waals surface area contributed by atoms with Gasteiger partial charge in [-0.05, 0) is 69.5 Å². The number of benzene rings is 1. The molecule has 1 amide bonds. The van der Waals surface area contributed by atoms with Crippen LogP contribution in [0.15, 0.2) is 28.7 Å². The average molecular weight is 498 g/mol. The van der Waals surface area contributed by atoms with Crippen LogP contribution in [0.3, 0.4) is 0 Å². The molecule has 0 fully saturated rings. The van der Waals surface area contributed by atoms with Crippen LogP contribution in [0.25, 0.3) is 22.9 Å². The lowest BCUT2D eigenvalue weighted by atomic mass is 10.0. The summed E-state index contributed by atoms with van der Waals surface area (Å²) in [7, 11) is 1.99. The lowest BCUT2D eigenvalue weighted by molar-refractivity contribution is -0.127. The van der Waals surface area contributed by atoms with Crippen LogP contribution in [0, 0.1) is 13.8 Å². The van der Waals surface area contributed by atoms with Crippen molar-refractivity contribution in [3.05, 3.63) is 41.1 Å².